The maximum absolute atomic E-state index is 6.02. The van der Waals surface area contributed by atoms with E-state index in [9.17, 15) is 0 Å². The highest BCUT2D eigenvalue weighted by atomic mass is 15.3. The van der Waals surface area contributed by atoms with E-state index in [-0.39, 0.29) is 0 Å². The number of aryl methyl sites for hydroxylation is 1. The van der Waals surface area contributed by atoms with Gasteiger partial charge in [0.25, 0.3) is 0 Å². The van der Waals surface area contributed by atoms with Crippen molar-refractivity contribution in [3.8, 4) is 0 Å². The fourth-order valence-electron chi connectivity index (χ4n) is 2.54. The van der Waals surface area contributed by atoms with Gasteiger partial charge in [-0.05, 0) is 36.5 Å². The summed E-state index contributed by atoms with van der Waals surface area (Å²) in [7, 11) is 0. The molecule has 1 aliphatic rings. The van der Waals surface area contributed by atoms with Crippen molar-refractivity contribution in [2.24, 2.45) is 16.6 Å². The van der Waals surface area contributed by atoms with Gasteiger partial charge in [0.2, 0.25) is 0 Å². The van der Waals surface area contributed by atoms with E-state index in [0.29, 0.717) is 17.9 Å². The first-order valence-electron chi connectivity index (χ1n) is 6.63. The fraction of sp³-hybridized carbons (Fsp3) is 0.533. The summed E-state index contributed by atoms with van der Waals surface area (Å²) < 4.78 is 0. The van der Waals surface area contributed by atoms with E-state index in [0.717, 1.165) is 13.1 Å². The lowest BCUT2D eigenvalue weighted by atomic mass is 9.96. The van der Waals surface area contributed by atoms with Gasteiger partial charge in [-0.2, -0.15) is 0 Å². The third-order valence-electron chi connectivity index (χ3n) is 3.66. The molecule has 1 aromatic rings. The fourth-order valence-corrected chi connectivity index (χ4v) is 2.54. The molecule has 0 amide bonds. The van der Waals surface area contributed by atoms with Gasteiger partial charge in [-0.25, -0.2) is 0 Å². The minimum absolute atomic E-state index is 0.312. The van der Waals surface area contributed by atoms with E-state index < -0.39 is 0 Å². The van der Waals surface area contributed by atoms with Gasteiger partial charge in [0.1, 0.15) is 0 Å². The van der Waals surface area contributed by atoms with Gasteiger partial charge in [-0.15, -0.1) is 0 Å². The van der Waals surface area contributed by atoms with Gasteiger partial charge >= 0.3 is 0 Å². The first-order valence-corrected chi connectivity index (χ1v) is 6.63. The lowest BCUT2D eigenvalue weighted by Crippen LogP contribution is -2.38. The van der Waals surface area contributed by atoms with Crippen molar-refractivity contribution < 1.29 is 0 Å². The molecule has 1 aromatic carbocycles. The van der Waals surface area contributed by atoms with Crippen LogP contribution >= 0.6 is 0 Å². The van der Waals surface area contributed by atoms with E-state index in [1.54, 1.807) is 0 Å². The highest BCUT2D eigenvalue weighted by Crippen LogP contribution is 2.29. The van der Waals surface area contributed by atoms with Crippen LogP contribution in [0.5, 0.6) is 0 Å². The van der Waals surface area contributed by atoms with Crippen molar-refractivity contribution in [2.75, 3.05) is 13.1 Å². The molecule has 3 heteroatoms. The maximum atomic E-state index is 6.02. The number of hydrogen-bond acceptors (Lipinski definition) is 3. The number of nitrogens with zero attached hydrogens (tertiary/aromatic N) is 2. The highest BCUT2D eigenvalue weighted by molar-refractivity contribution is 5.80. The Morgan fingerprint density at radius 2 is 2.11 bits per heavy atom. The van der Waals surface area contributed by atoms with Gasteiger partial charge in [-0.3, -0.25) is 4.99 Å². The molecule has 2 rings (SSSR count). The Balaban J connectivity index is 2.30. The predicted octanol–water partition coefficient (Wildman–Crippen LogP) is 2.63. The molecule has 98 valence electrons. The average molecular weight is 245 g/mol. The molecular weight excluding hydrogens is 222 g/mol. The van der Waals surface area contributed by atoms with E-state index in [1.165, 1.54) is 16.7 Å². The molecule has 1 unspecified atom stereocenters. The number of guanidine groups is 1. The first-order chi connectivity index (χ1) is 8.50. The quantitative estimate of drug-likeness (QED) is 0.889. The second-order valence-corrected chi connectivity index (χ2v) is 5.55. The summed E-state index contributed by atoms with van der Waals surface area (Å²) in [4.78, 5) is 6.66. The van der Waals surface area contributed by atoms with Crippen molar-refractivity contribution in [3.05, 3.63) is 34.9 Å². The molecule has 0 bridgehead atoms. The van der Waals surface area contributed by atoms with Gasteiger partial charge in [0.15, 0.2) is 5.96 Å². The predicted molar refractivity (Wildman–Crippen MR) is 76.7 cm³/mol. The molecule has 0 radical (unpaired) electrons. The first kappa shape index (κ1) is 12.9. The molecule has 0 saturated heterocycles. The number of nitrogens with two attached hydrogens (primary N) is 1. The summed E-state index contributed by atoms with van der Waals surface area (Å²) >= 11 is 0. The molecule has 0 aliphatic carbocycles. The van der Waals surface area contributed by atoms with Crippen LogP contribution in [0.3, 0.4) is 0 Å². The SMILES string of the molecule is Cc1cccc(C2CN=C(N)N2CC(C)C)c1C. The Morgan fingerprint density at radius 3 is 2.78 bits per heavy atom. The summed E-state index contributed by atoms with van der Waals surface area (Å²) in [5, 5.41) is 0. The molecule has 1 heterocycles. The summed E-state index contributed by atoms with van der Waals surface area (Å²) in [5.41, 5.74) is 10.1. The second kappa shape index (κ2) is 5.01. The van der Waals surface area contributed by atoms with Crippen molar-refractivity contribution >= 4 is 5.96 Å². The number of benzene rings is 1. The van der Waals surface area contributed by atoms with Crippen molar-refractivity contribution in [1.29, 1.82) is 0 Å². The van der Waals surface area contributed by atoms with Gasteiger partial charge in [-0.1, -0.05) is 32.0 Å². The Morgan fingerprint density at radius 1 is 1.39 bits per heavy atom. The Labute approximate surface area is 110 Å². The van der Waals surface area contributed by atoms with E-state index in [2.05, 4.69) is 55.8 Å². The minimum Gasteiger partial charge on any atom is -0.370 e. The monoisotopic (exact) mass is 245 g/mol. The smallest absolute Gasteiger partial charge is 0.191 e. The summed E-state index contributed by atoms with van der Waals surface area (Å²) in [6.07, 6.45) is 0. The van der Waals surface area contributed by atoms with Crippen LogP contribution in [0, 0.1) is 19.8 Å². The number of hydrogen-bond donors (Lipinski definition) is 1. The van der Waals surface area contributed by atoms with E-state index >= 15 is 0 Å². The molecule has 0 spiro atoms. The highest BCUT2D eigenvalue weighted by Gasteiger charge is 2.28. The third-order valence-corrected chi connectivity index (χ3v) is 3.66. The average Bonchev–Trinajstić information content (AvgIpc) is 2.64. The Kier molecular flexibility index (Phi) is 3.60. The van der Waals surface area contributed by atoms with Crippen molar-refractivity contribution in [1.82, 2.24) is 4.90 Å². The molecule has 0 aromatic heterocycles. The Hall–Kier alpha value is -1.51. The summed E-state index contributed by atoms with van der Waals surface area (Å²) in [5.74, 6) is 1.28. The zero-order valence-corrected chi connectivity index (χ0v) is 11.8. The van der Waals surface area contributed by atoms with Crippen LogP contribution in [0.2, 0.25) is 0 Å². The van der Waals surface area contributed by atoms with E-state index in [1.807, 2.05) is 0 Å². The van der Waals surface area contributed by atoms with Crippen LogP contribution in [-0.2, 0) is 0 Å². The van der Waals surface area contributed by atoms with Gasteiger partial charge in [0.05, 0.1) is 12.6 Å². The normalized spacial score (nSPS) is 19.5. The maximum Gasteiger partial charge on any atom is 0.191 e. The molecule has 1 aliphatic heterocycles. The zero-order valence-electron chi connectivity index (χ0n) is 11.8. The third kappa shape index (κ3) is 2.35. The standard InChI is InChI=1S/C15H23N3/c1-10(2)9-18-14(8-17-15(18)16)13-7-5-6-11(3)12(13)4/h5-7,10,14H,8-9H2,1-4H3,(H2,16,17). The van der Waals surface area contributed by atoms with Crippen molar-refractivity contribution in [2.45, 2.75) is 33.7 Å². The zero-order chi connectivity index (χ0) is 13.3. The van der Waals surface area contributed by atoms with E-state index in [4.69, 9.17) is 5.73 Å². The summed E-state index contributed by atoms with van der Waals surface area (Å²) in [6.45, 7) is 10.5. The van der Waals surface area contributed by atoms with Crippen LogP contribution in [0.25, 0.3) is 0 Å². The minimum atomic E-state index is 0.312. The molecule has 2 N–H and O–H groups in total. The molecule has 0 fully saturated rings. The summed E-state index contributed by atoms with van der Waals surface area (Å²) in [6, 6.07) is 6.80. The molecule has 0 saturated carbocycles. The molecular formula is C15H23N3. The van der Waals surface area contributed by atoms with Gasteiger partial charge < -0.3 is 10.6 Å². The Bertz CT molecular complexity index is 463. The second-order valence-electron chi connectivity index (χ2n) is 5.55. The number of rotatable bonds is 3. The topological polar surface area (TPSA) is 41.6 Å². The van der Waals surface area contributed by atoms with Crippen LogP contribution in [0.1, 0.15) is 36.6 Å². The molecule has 18 heavy (non-hydrogen) atoms. The molecule has 3 nitrogen and oxygen atoms in total. The molecule has 1 atom stereocenters. The largest absolute Gasteiger partial charge is 0.370 e. The van der Waals surface area contributed by atoms with Crippen LogP contribution in [0.4, 0.5) is 0 Å². The lowest BCUT2D eigenvalue weighted by Gasteiger charge is -2.29. The van der Waals surface area contributed by atoms with Gasteiger partial charge in [0, 0.05) is 6.54 Å². The van der Waals surface area contributed by atoms with Crippen molar-refractivity contribution in [3.63, 3.8) is 0 Å². The number of aliphatic imine (C=N–C) groups is 1. The van der Waals surface area contributed by atoms with Crippen LogP contribution in [-0.4, -0.2) is 23.9 Å². The van der Waals surface area contributed by atoms with Crippen LogP contribution in [0.15, 0.2) is 23.2 Å². The lowest BCUT2D eigenvalue weighted by molar-refractivity contribution is 0.308. The van der Waals surface area contributed by atoms with Crippen LogP contribution < -0.4 is 5.73 Å².